The molecule has 27 heavy (non-hydrogen) atoms. The molecular weight excluding hydrogens is 383 g/mol. The topological polar surface area (TPSA) is 49.4 Å². The zero-order valence-electron chi connectivity index (χ0n) is 16.3. The van der Waals surface area contributed by atoms with Crippen LogP contribution in [-0.4, -0.2) is 28.8 Å². The number of rotatable bonds is 8. The summed E-state index contributed by atoms with van der Waals surface area (Å²) in [5.41, 5.74) is 0.873. The molecular formula is C21H30Cl2N2O2. The van der Waals surface area contributed by atoms with E-state index in [1.807, 2.05) is 19.9 Å². The predicted molar refractivity (Wildman–Crippen MR) is 111 cm³/mol. The highest BCUT2D eigenvalue weighted by molar-refractivity contribution is 6.42. The van der Waals surface area contributed by atoms with E-state index in [1.54, 1.807) is 17.0 Å². The van der Waals surface area contributed by atoms with Crippen LogP contribution in [0.3, 0.4) is 0 Å². The summed E-state index contributed by atoms with van der Waals surface area (Å²) in [5, 5.41) is 4.11. The van der Waals surface area contributed by atoms with Crippen LogP contribution >= 0.6 is 23.2 Å². The molecule has 1 saturated carbocycles. The number of hydrogen-bond acceptors (Lipinski definition) is 2. The molecule has 4 nitrogen and oxygen atoms in total. The number of nitrogens with zero attached hydrogens (tertiary/aromatic N) is 1. The first-order valence-corrected chi connectivity index (χ1v) is 10.8. The number of carbonyl (C=O) groups is 2. The number of nitrogens with one attached hydrogen (secondary N) is 1. The average molecular weight is 413 g/mol. The van der Waals surface area contributed by atoms with Crippen molar-refractivity contribution in [2.45, 2.75) is 83.8 Å². The second-order valence-electron chi connectivity index (χ2n) is 7.29. The fraction of sp³-hybridized carbons (Fsp3) is 0.619. The summed E-state index contributed by atoms with van der Waals surface area (Å²) >= 11 is 12.1. The third-order valence-electron chi connectivity index (χ3n) is 5.14. The van der Waals surface area contributed by atoms with E-state index >= 15 is 0 Å². The van der Waals surface area contributed by atoms with Gasteiger partial charge in [0.05, 0.1) is 10.0 Å². The first kappa shape index (κ1) is 22.0. The fourth-order valence-electron chi connectivity index (χ4n) is 3.66. The quantitative estimate of drug-likeness (QED) is 0.625. The minimum Gasteiger partial charge on any atom is -0.352 e. The van der Waals surface area contributed by atoms with Crippen molar-refractivity contribution in [2.75, 3.05) is 0 Å². The molecule has 1 fully saturated rings. The van der Waals surface area contributed by atoms with Gasteiger partial charge in [0.2, 0.25) is 11.8 Å². The van der Waals surface area contributed by atoms with Crippen LogP contribution in [0.15, 0.2) is 18.2 Å². The molecule has 1 atom stereocenters. The van der Waals surface area contributed by atoms with Crippen LogP contribution in [0.5, 0.6) is 0 Å². The number of carbonyl (C=O) groups excluding carboxylic acids is 2. The van der Waals surface area contributed by atoms with Crippen LogP contribution in [0.4, 0.5) is 0 Å². The highest BCUT2D eigenvalue weighted by Crippen LogP contribution is 2.24. The van der Waals surface area contributed by atoms with E-state index in [9.17, 15) is 9.59 Å². The van der Waals surface area contributed by atoms with Crippen molar-refractivity contribution in [1.29, 1.82) is 0 Å². The maximum Gasteiger partial charge on any atom is 0.243 e. The zero-order valence-corrected chi connectivity index (χ0v) is 17.8. The Hall–Kier alpha value is -1.26. The Morgan fingerprint density at radius 2 is 1.85 bits per heavy atom. The van der Waals surface area contributed by atoms with Gasteiger partial charge in [0.15, 0.2) is 0 Å². The second-order valence-corrected chi connectivity index (χ2v) is 8.10. The highest BCUT2D eigenvalue weighted by atomic mass is 35.5. The Morgan fingerprint density at radius 1 is 1.15 bits per heavy atom. The maximum absolute atomic E-state index is 13.0. The van der Waals surface area contributed by atoms with E-state index in [-0.39, 0.29) is 17.9 Å². The molecule has 6 heteroatoms. The van der Waals surface area contributed by atoms with Gasteiger partial charge in [0.1, 0.15) is 6.04 Å². The van der Waals surface area contributed by atoms with E-state index in [4.69, 9.17) is 23.2 Å². The summed E-state index contributed by atoms with van der Waals surface area (Å²) < 4.78 is 0. The molecule has 0 radical (unpaired) electrons. The molecule has 2 amide bonds. The van der Waals surface area contributed by atoms with E-state index in [1.165, 1.54) is 6.42 Å². The van der Waals surface area contributed by atoms with E-state index in [0.717, 1.165) is 37.7 Å². The molecule has 150 valence electrons. The van der Waals surface area contributed by atoms with Gasteiger partial charge in [0.25, 0.3) is 0 Å². The molecule has 0 saturated heterocycles. The summed E-state index contributed by atoms with van der Waals surface area (Å²) in [7, 11) is 0. The van der Waals surface area contributed by atoms with Gasteiger partial charge >= 0.3 is 0 Å². The molecule has 1 aliphatic carbocycles. The molecule has 0 bridgehead atoms. The van der Waals surface area contributed by atoms with Crippen LogP contribution in [0, 0.1) is 0 Å². The predicted octanol–water partition coefficient (Wildman–Crippen LogP) is 5.35. The third-order valence-corrected chi connectivity index (χ3v) is 5.88. The summed E-state index contributed by atoms with van der Waals surface area (Å²) in [4.78, 5) is 27.4. The lowest BCUT2D eigenvalue weighted by molar-refractivity contribution is -0.141. The van der Waals surface area contributed by atoms with Crippen molar-refractivity contribution in [3.05, 3.63) is 33.8 Å². The molecule has 1 aromatic rings. The van der Waals surface area contributed by atoms with Gasteiger partial charge in [-0.15, -0.1) is 0 Å². The lowest BCUT2D eigenvalue weighted by Gasteiger charge is -2.33. The van der Waals surface area contributed by atoms with Crippen molar-refractivity contribution < 1.29 is 9.59 Å². The van der Waals surface area contributed by atoms with Gasteiger partial charge in [0, 0.05) is 19.0 Å². The summed E-state index contributed by atoms with van der Waals surface area (Å²) in [6.07, 6.45) is 7.35. The van der Waals surface area contributed by atoms with Gasteiger partial charge in [-0.05, 0) is 43.4 Å². The lowest BCUT2D eigenvalue weighted by atomic mass is 9.95. The molecule has 0 aromatic heterocycles. The minimum absolute atomic E-state index is 0.00535. The highest BCUT2D eigenvalue weighted by Gasteiger charge is 2.29. The van der Waals surface area contributed by atoms with E-state index in [0.29, 0.717) is 29.4 Å². The Labute approximate surface area is 172 Å². The Morgan fingerprint density at radius 3 is 2.44 bits per heavy atom. The van der Waals surface area contributed by atoms with Crippen LogP contribution in [-0.2, 0) is 16.1 Å². The van der Waals surface area contributed by atoms with Crippen LogP contribution in [0.1, 0.15) is 70.8 Å². The van der Waals surface area contributed by atoms with Gasteiger partial charge in [-0.3, -0.25) is 9.59 Å². The lowest BCUT2D eigenvalue weighted by Crippen LogP contribution is -2.51. The summed E-state index contributed by atoms with van der Waals surface area (Å²) in [6.45, 7) is 4.27. The molecule has 1 aromatic carbocycles. The second kappa shape index (κ2) is 10.9. The number of halogens is 2. The summed E-state index contributed by atoms with van der Waals surface area (Å²) in [5.74, 6) is -0.0527. The molecule has 1 N–H and O–H groups in total. The molecule has 0 aliphatic heterocycles. The van der Waals surface area contributed by atoms with Crippen molar-refractivity contribution in [2.24, 2.45) is 0 Å². The first-order chi connectivity index (χ1) is 13.0. The Bertz CT molecular complexity index is 645. The van der Waals surface area contributed by atoms with Crippen LogP contribution in [0.25, 0.3) is 0 Å². The number of benzene rings is 1. The molecule has 0 unspecified atom stereocenters. The van der Waals surface area contributed by atoms with E-state index < -0.39 is 6.04 Å². The van der Waals surface area contributed by atoms with Crippen molar-refractivity contribution >= 4 is 35.0 Å². The van der Waals surface area contributed by atoms with Gasteiger partial charge in [-0.1, -0.05) is 62.4 Å². The Balaban J connectivity index is 2.16. The van der Waals surface area contributed by atoms with Gasteiger partial charge in [-0.2, -0.15) is 0 Å². The molecule has 0 spiro atoms. The number of hydrogen-bond donors (Lipinski definition) is 1. The van der Waals surface area contributed by atoms with Crippen molar-refractivity contribution in [1.82, 2.24) is 10.2 Å². The third kappa shape index (κ3) is 6.39. The smallest absolute Gasteiger partial charge is 0.243 e. The standard InChI is InChI=1S/C21H30Cl2N2O2/c1-3-8-20(26)25(14-15-11-12-17(22)18(23)13-15)19(4-2)21(27)24-16-9-6-5-7-10-16/h11-13,16,19H,3-10,14H2,1-2H3,(H,24,27)/t19-/m1/s1. The molecule has 0 heterocycles. The van der Waals surface area contributed by atoms with E-state index in [2.05, 4.69) is 5.32 Å². The maximum atomic E-state index is 13.0. The molecule has 1 aliphatic rings. The fourth-order valence-corrected chi connectivity index (χ4v) is 3.98. The number of amides is 2. The monoisotopic (exact) mass is 412 g/mol. The van der Waals surface area contributed by atoms with Gasteiger partial charge < -0.3 is 10.2 Å². The first-order valence-electron chi connectivity index (χ1n) is 10.00. The minimum atomic E-state index is -0.472. The van der Waals surface area contributed by atoms with Gasteiger partial charge in [-0.25, -0.2) is 0 Å². The summed E-state index contributed by atoms with van der Waals surface area (Å²) in [6, 6.07) is 5.10. The van der Waals surface area contributed by atoms with Crippen LogP contribution < -0.4 is 5.32 Å². The van der Waals surface area contributed by atoms with Crippen molar-refractivity contribution in [3.8, 4) is 0 Å². The Kier molecular flexibility index (Phi) is 8.91. The normalized spacial score (nSPS) is 16.0. The molecule has 2 rings (SSSR count). The zero-order chi connectivity index (χ0) is 19.8. The largest absolute Gasteiger partial charge is 0.352 e. The van der Waals surface area contributed by atoms with Crippen LogP contribution in [0.2, 0.25) is 10.0 Å². The average Bonchev–Trinajstić information content (AvgIpc) is 2.65. The van der Waals surface area contributed by atoms with Crippen molar-refractivity contribution in [3.63, 3.8) is 0 Å². The SMILES string of the molecule is CCCC(=O)N(Cc1ccc(Cl)c(Cl)c1)[C@H](CC)C(=O)NC1CCCCC1.